The van der Waals surface area contributed by atoms with Crippen LogP contribution in [0.1, 0.15) is 40.0 Å². The summed E-state index contributed by atoms with van der Waals surface area (Å²) in [5.74, 6) is 2.42. The van der Waals surface area contributed by atoms with Crippen molar-refractivity contribution in [1.82, 2.24) is 0 Å². The van der Waals surface area contributed by atoms with E-state index in [0.29, 0.717) is 6.04 Å². The maximum absolute atomic E-state index is 6.07. The molecule has 1 aliphatic carbocycles. The molecule has 0 radical (unpaired) electrons. The Morgan fingerprint density at radius 2 is 1.91 bits per heavy atom. The summed E-state index contributed by atoms with van der Waals surface area (Å²) in [6, 6.07) is 0.471. The fourth-order valence-electron chi connectivity index (χ4n) is 2.28. The van der Waals surface area contributed by atoms with Gasteiger partial charge in [0, 0.05) is 6.04 Å². The van der Waals surface area contributed by atoms with E-state index in [2.05, 4.69) is 20.8 Å². The molecule has 0 amide bonds. The van der Waals surface area contributed by atoms with E-state index < -0.39 is 0 Å². The van der Waals surface area contributed by atoms with E-state index in [1.54, 1.807) is 0 Å². The van der Waals surface area contributed by atoms with Crippen molar-refractivity contribution in [3.05, 3.63) is 0 Å². The van der Waals surface area contributed by atoms with Crippen LogP contribution in [-0.4, -0.2) is 6.04 Å². The van der Waals surface area contributed by atoms with Crippen molar-refractivity contribution in [3.63, 3.8) is 0 Å². The molecule has 2 N–H and O–H groups in total. The lowest BCUT2D eigenvalue weighted by Crippen LogP contribution is -2.38. The second-order valence-electron chi connectivity index (χ2n) is 4.49. The van der Waals surface area contributed by atoms with Gasteiger partial charge >= 0.3 is 0 Å². The molecule has 66 valence electrons. The van der Waals surface area contributed by atoms with Gasteiger partial charge in [0.1, 0.15) is 0 Å². The van der Waals surface area contributed by atoms with E-state index in [1.165, 1.54) is 19.3 Å². The predicted octanol–water partition coefficient (Wildman–Crippen LogP) is 2.41. The normalized spacial score (nSPS) is 39.5. The average molecular weight is 155 g/mol. The van der Waals surface area contributed by atoms with Crippen molar-refractivity contribution >= 4 is 0 Å². The molecule has 3 atom stereocenters. The van der Waals surface area contributed by atoms with Crippen LogP contribution >= 0.6 is 0 Å². The van der Waals surface area contributed by atoms with Gasteiger partial charge in [0.15, 0.2) is 0 Å². The largest absolute Gasteiger partial charge is 0.327 e. The summed E-state index contributed by atoms with van der Waals surface area (Å²) < 4.78 is 0. The monoisotopic (exact) mass is 155 g/mol. The Morgan fingerprint density at radius 1 is 1.27 bits per heavy atom. The summed E-state index contributed by atoms with van der Waals surface area (Å²) in [6.45, 7) is 6.90. The fourth-order valence-corrected chi connectivity index (χ4v) is 2.28. The summed E-state index contributed by atoms with van der Waals surface area (Å²) in [4.78, 5) is 0. The zero-order valence-corrected chi connectivity index (χ0v) is 8.01. The summed E-state index contributed by atoms with van der Waals surface area (Å²) in [5.41, 5.74) is 6.07. The van der Waals surface area contributed by atoms with Gasteiger partial charge in [-0.3, -0.25) is 0 Å². The molecule has 0 aromatic heterocycles. The highest BCUT2D eigenvalue weighted by Gasteiger charge is 2.27. The van der Waals surface area contributed by atoms with Crippen molar-refractivity contribution < 1.29 is 0 Å². The SMILES string of the molecule is CC(C)[C@@H]1CC[C@@H](C)C[C@H]1N. The van der Waals surface area contributed by atoms with Gasteiger partial charge in [-0.25, -0.2) is 0 Å². The van der Waals surface area contributed by atoms with Crippen molar-refractivity contribution in [3.8, 4) is 0 Å². The van der Waals surface area contributed by atoms with Gasteiger partial charge in [-0.2, -0.15) is 0 Å². The number of hydrogen-bond donors (Lipinski definition) is 1. The number of nitrogens with two attached hydrogens (primary N) is 1. The molecule has 11 heavy (non-hydrogen) atoms. The van der Waals surface area contributed by atoms with Crippen LogP contribution in [0.3, 0.4) is 0 Å². The first-order valence-electron chi connectivity index (χ1n) is 4.87. The molecule has 1 aliphatic rings. The Bertz CT molecular complexity index is 120. The van der Waals surface area contributed by atoms with Gasteiger partial charge < -0.3 is 5.73 Å². The van der Waals surface area contributed by atoms with E-state index in [1.807, 2.05) is 0 Å². The fraction of sp³-hybridized carbons (Fsp3) is 1.00. The molecule has 0 heterocycles. The van der Waals surface area contributed by atoms with Crippen LogP contribution in [0, 0.1) is 17.8 Å². The zero-order chi connectivity index (χ0) is 8.43. The minimum atomic E-state index is 0.471. The van der Waals surface area contributed by atoms with Gasteiger partial charge in [-0.15, -0.1) is 0 Å². The van der Waals surface area contributed by atoms with Gasteiger partial charge in [0.25, 0.3) is 0 Å². The van der Waals surface area contributed by atoms with Crippen molar-refractivity contribution in [1.29, 1.82) is 0 Å². The van der Waals surface area contributed by atoms with Crippen molar-refractivity contribution in [2.45, 2.75) is 46.1 Å². The van der Waals surface area contributed by atoms with Crippen LogP contribution in [0.4, 0.5) is 0 Å². The van der Waals surface area contributed by atoms with Crippen LogP contribution in [0.2, 0.25) is 0 Å². The quantitative estimate of drug-likeness (QED) is 0.618. The van der Waals surface area contributed by atoms with Gasteiger partial charge in [-0.1, -0.05) is 27.2 Å². The maximum atomic E-state index is 6.07. The number of rotatable bonds is 1. The summed E-state index contributed by atoms with van der Waals surface area (Å²) in [6.07, 6.45) is 3.97. The molecule has 1 nitrogen and oxygen atoms in total. The van der Waals surface area contributed by atoms with E-state index >= 15 is 0 Å². The molecule has 0 saturated heterocycles. The van der Waals surface area contributed by atoms with E-state index in [0.717, 1.165) is 17.8 Å². The van der Waals surface area contributed by atoms with E-state index in [9.17, 15) is 0 Å². The van der Waals surface area contributed by atoms with E-state index in [-0.39, 0.29) is 0 Å². The smallest absolute Gasteiger partial charge is 0.00721 e. The van der Waals surface area contributed by atoms with Gasteiger partial charge in [0.05, 0.1) is 0 Å². The third kappa shape index (κ3) is 2.19. The topological polar surface area (TPSA) is 26.0 Å². The third-order valence-corrected chi connectivity index (χ3v) is 3.07. The molecule has 0 aromatic carbocycles. The Balaban J connectivity index is 2.44. The van der Waals surface area contributed by atoms with Crippen molar-refractivity contribution in [2.75, 3.05) is 0 Å². The lowest BCUT2D eigenvalue weighted by molar-refractivity contribution is 0.199. The highest BCUT2D eigenvalue weighted by atomic mass is 14.7. The van der Waals surface area contributed by atoms with Crippen LogP contribution in [0.25, 0.3) is 0 Å². The molecule has 0 unspecified atom stereocenters. The average Bonchev–Trinajstić information content (AvgIpc) is 1.85. The Kier molecular flexibility index (Phi) is 2.94. The standard InChI is InChI=1S/C10H21N/c1-7(2)9-5-4-8(3)6-10(9)11/h7-10H,4-6,11H2,1-3H3/t8-,9+,10-/m1/s1. The first-order valence-corrected chi connectivity index (χ1v) is 4.87. The lowest BCUT2D eigenvalue weighted by Gasteiger charge is -2.34. The molecule has 0 aromatic rings. The molecule has 0 aliphatic heterocycles. The van der Waals surface area contributed by atoms with Crippen LogP contribution < -0.4 is 5.73 Å². The molecular weight excluding hydrogens is 134 g/mol. The highest BCUT2D eigenvalue weighted by molar-refractivity contribution is 4.82. The molecule has 0 bridgehead atoms. The molecule has 1 heteroatoms. The second kappa shape index (κ2) is 3.57. The molecule has 1 saturated carbocycles. The molecule has 1 rings (SSSR count). The van der Waals surface area contributed by atoms with E-state index in [4.69, 9.17) is 5.73 Å². The Hall–Kier alpha value is -0.0400. The van der Waals surface area contributed by atoms with Gasteiger partial charge in [0.2, 0.25) is 0 Å². The summed E-state index contributed by atoms with van der Waals surface area (Å²) in [7, 11) is 0. The van der Waals surface area contributed by atoms with Crippen molar-refractivity contribution in [2.24, 2.45) is 23.5 Å². The highest BCUT2D eigenvalue weighted by Crippen LogP contribution is 2.31. The lowest BCUT2D eigenvalue weighted by atomic mass is 9.74. The van der Waals surface area contributed by atoms with Crippen LogP contribution in [0.15, 0.2) is 0 Å². The second-order valence-corrected chi connectivity index (χ2v) is 4.49. The minimum Gasteiger partial charge on any atom is -0.327 e. The number of hydrogen-bond acceptors (Lipinski definition) is 1. The molecule has 0 spiro atoms. The first kappa shape index (κ1) is 9.05. The molecular formula is C10H21N. The third-order valence-electron chi connectivity index (χ3n) is 3.07. The zero-order valence-electron chi connectivity index (χ0n) is 8.01. The maximum Gasteiger partial charge on any atom is 0.00721 e. The first-order chi connectivity index (χ1) is 5.11. The Labute approximate surface area is 70.4 Å². The Morgan fingerprint density at radius 3 is 2.36 bits per heavy atom. The predicted molar refractivity (Wildman–Crippen MR) is 49.3 cm³/mol. The van der Waals surface area contributed by atoms with Crippen LogP contribution in [-0.2, 0) is 0 Å². The summed E-state index contributed by atoms with van der Waals surface area (Å²) in [5, 5.41) is 0. The van der Waals surface area contributed by atoms with Crippen LogP contribution in [0.5, 0.6) is 0 Å². The summed E-state index contributed by atoms with van der Waals surface area (Å²) >= 11 is 0. The van der Waals surface area contributed by atoms with Gasteiger partial charge in [-0.05, 0) is 30.6 Å². The minimum absolute atomic E-state index is 0.471. The molecule has 1 fully saturated rings.